The second kappa shape index (κ2) is 7.20. The molecule has 0 fully saturated rings. The molecule has 0 atom stereocenters. The maximum absolute atomic E-state index is 5.94. The van der Waals surface area contributed by atoms with Gasteiger partial charge in [-0.15, -0.1) is 0 Å². The van der Waals surface area contributed by atoms with E-state index >= 15 is 0 Å². The summed E-state index contributed by atoms with van der Waals surface area (Å²) in [6, 6.07) is 23.3. The molecule has 0 unspecified atom stereocenters. The van der Waals surface area contributed by atoms with Crippen LogP contribution in [0.3, 0.4) is 0 Å². The Balaban J connectivity index is 1.97. The lowest BCUT2D eigenvalue weighted by molar-refractivity contribution is 0.341. The number of nitrogens with zero attached hydrogens (tertiary/aromatic N) is 2. The van der Waals surface area contributed by atoms with Gasteiger partial charge in [-0.3, -0.25) is 0 Å². The van der Waals surface area contributed by atoms with Crippen molar-refractivity contribution in [3.05, 3.63) is 71.2 Å². The third-order valence-electron chi connectivity index (χ3n) is 5.42. The highest BCUT2D eigenvalue weighted by atomic mass is 79.9. The minimum absolute atomic E-state index is 0.618. The van der Waals surface area contributed by atoms with Crippen LogP contribution in [0.25, 0.3) is 44.0 Å². The predicted octanol–water partition coefficient (Wildman–Crippen LogP) is 7.19. The molecule has 144 valence electrons. The minimum Gasteiger partial charge on any atom is -0.493 e. The number of benzene rings is 4. The molecular weight excluding hydrogens is 424 g/mol. The third-order valence-corrected chi connectivity index (χ3v) is 5.91. The Bertz CT molecular complexity index is 1370. The summed E-state index contributed by atoms with van der Waals surface area (Å²) in [5, 5.41) is 4.91. The average molecular weight is 445 g/mol. The van der Waals surface area contributed by atoms with Crippen LogP contribution in [0.1, 0.15) is 13.8 Å². The summed E-state index contributed by atoms with van der Waals surface area (Å²) in [5.74, 6) is 1.79. The van der Waals surface area contributed by atoms with Crippen molar-refractivity contribution < 1.29 is 4.74 Å². The first-order chi connectivity index (χ1) is 14.2. The zero-order chi connectivity index (χ0) is 20.0. The molecule has 1 heterocycles. The molecule has 0 amide bonds. The van der Waals surface area contributed by atoms with Crippen LogP contribution in [0.15, 0.2) is 71.2 Å². The first kappa shape index (κ1) is 18.2. The molecule has 5 rings (SSSR count). The Morgan fingerprint density at radius 1 is 0.862 bits per heavy atom. The van der Waals surface area contributed by atoms with Crippen LogP contribution in [-0.2, 0) is 6.54 Å². The van der Waals surface area contributed by atoms with E-state index in [0.29, 0.717) is 6.61 Å². The number of hydrogen-bond donors (Lipinski definition) is 0. The molecule has 1 aromatic heterocycles. The highest BCUT2D eigenvalue weighted by molar-refractivity contribution is 9.10. The van der Waals surface area contributed by atoms with Crippen molar-refractivity contribution in [2.45, 2.75) is 20.4 Å². The predicted molar refractivity (Wildman–Crippen MR) is 125 cm³/mol. The van der Waals surface area contributed by atoms with Gasteiger partial charge in [0.1, 0.15) is 11.6 Å². The van der Waals surface area contributed by atoms with Gasteiger partial charge in [0, 0.05) is 21.8 Å². The van der Waals surface area contributed by atoms with Crippen LogP contribution in [0.4, 0.5) is 0 Å². The summed E-state index contributed by atoms with van der Waals surface area (Å²) >= 11 is 3.62. The summed E-state index contributed by atoms with van der Waals surface area (Å²) < 4.78 is 9.27. The van der Waals surface area contributed by atoms with E-state index in [1.807, 2.05) is 19.1 Å². The molecule has 0 saturated carbocycles. The van der Waals surface area contributed by atoms with Crippen molar-refractivity contribution >= 4 is 48.5 Å². The molecule has 5 aromatic rings. The quantitative estimate of drug-likeness (QED) is 0.274. The van der Waals surface area contributed by atoms with Crippen LogP contribution in [0.2, 0.25) is 0 Å². The number of hydrogen-bond acceptors (Lipinski definition) is 2. The molecule has 0 saturated heterocycles. The summed E-state index contributed by atoms with van der Waals surface area (Å²) in [7, 11) is 0. The van der Waals surface area contributed by atoms with Gasteiger partial charge < -0.3 is 9.30 Å². The molecule has 4 aromatic carbocycles. The molecule has 0 radical (unpaired) electrons. The number of rotatable bonds is 4. The molecule has 4 heteroatoms. The monoisotopic (exact) mass is 444 g/mol. The molecule has 3 nitrogen and oxygen atoms in total. The molecular formula is C25H21BrN2O. The zero-order valence-corrected chi connectivity index (χ0v) is 18.0. The number of imidazole rings is 1. The fourth-order valence-electron chi connectivity index (χ4n) is 4.23. The van der Waals surface area contributed by atoms with Crippen LogP contribution in [0, 0.1) is 0 Å². The van der Waals surface area contributed by atoms with Gasteiger partial charge in [0.2, 0.25) is 0 Å². The van der Waals surface area contributed by atoms with E-state index in [1.165, 1.54) is 27.1 Å². The number of ether oxygens (including phenoxy) is 1. The standard InChI is InChI=1S/C25H21BrN2O/c1-3-28-24-20-12-8-6-10-18(20)17-9-5-7-11-19(17)23(24)27-25(28)21-15-16(26)13-14-22(21)29-4-2/h5-15H,3-4H2,1-2H3. The maximum atomic E-state index is 5.94. The van der Waals surface area contributed by atoms with Crippen molar-refractivity contribution in [1.82, 2.24) is 9.55 Å². The Kier molecular flexibility index (Phi) is 4.51. The summed E-state index contributed by atoms with van der Waals surface area (Å²) in [4.78, 5) is 5.18. The lowest BCUT2D eigenvalue weighted by Gasteiger charge is -2.13. The SMILES string of the molecule is CCOc1ccc(Br)cc1-c1nc2c3ccccc3c3ccccc3c2n1CC. The van der Waals surface area contributed by atoms with Gasteiger partial charge in [-0.25, -0.2) is 4.98 Å². The normalized spacial score (nSPS) is 11.6. The van der Waals surface area contributed by atoms with E-state index in [9.17, 15) is 0 Å². The third kappa shape index (κ3) is 2.82. The fraction of sp³-hybridized carbons (Fsp3) is 0.160. The fourth-order valence-corrected chi connectivity index (χ4v) is 4.60. The van der Waals surface area contributed by atoms with Crippen LogP contribution in [-0.4, -0.2) is 16.2 Å². The molecule has 0 bridgehead atoms. The largest absolute Gasteiger partial charge is 0.493 e. The Morgan fingerprint density at radius 3 is 2.21 bits per heavy atom. The van der Waals surface area contributed by atoms with Gasteiger partial charge >= 0.3 is 0 Å². The van der Waals surface area contributed by atoms with E-state index in [-0.39, 0.29) is 0 Å². The topological polar surface area (TPSA) is 27.1 Å². The van der Waals surface area contributed by atoms with E-state index in [0.717, 1.165) is 33.7 Å². The maximum Gasteiger partial charge on any atom is 0.144 e. The van der Waals surface area contributed by atoms with Gasteiger partial charge in [0.25, 0.3) is 0 Å². The van der Waals surface area contributed by atoms with Gasteiger partial charge in [-0.05, 0) is 42.8 Å². The summed E-state index contributed by atoms with van der Waals surface area (Å²) in [6.07, 6.45) is 0. The second-order valence-corrected chi connectivity index (χ2v) is 7.96. The molecule has 29 heavy (non-hydrogen) atoms. The van der Waals surface area contributed by atoms with Crippen molar-refractivity contribution in [2.75, 3.05) is 6.61 Å². The van der Waals surface area contributed by atoms with Crippen molar-refractivity contribution in [2.24, 2.45) is 0 Å². The Labute approximate surface area is 178 Å². The second-order valence-electron chi connectivity index (χ2n) is 7.04. The van der Waals surface area contributed by atoms with E-state index in [2.05, 4.69) is 82.0 Å². The number of fused-ring (bicyclic) bond motifs is 6. The van der Waals surface area contributed by atoms with Crippen molar-refractivity contribution in [3.8, 4) is 17.1 Å². The molecule has 0 aliphatic carbocycles. The highest BCUT2D eigenvalue weighted by Crippen LogP contribution is 2.40. The summed E-state index contributed by atoms with van der Waals surface area (Å²) in [5.41, 5.74) is 3.23. The highest BCUT2D eigenvalue weighted by Gasteiger charge is 2.20. The van der Waals surface area contributed by atoms with Crippen LogP contribution >= 0.6 is 15.9 Å². The van der Waals surface area contributed by atoms with Gasteiger partial charge in [0.15, 0.2) is 0 Å². The summed E-state index contributed by atoms with van der Waals surface area (Å²) in [6.45, 7) is 5.63. The molecule has 0 aliphatic rings. The minimum atomic E-state index is 0.618. The number of aromatic nitrogens is 2. The average Bonchev–Trinajstić information content (AvgIpc) is 3.15. The molecule has 0 N–H and O–H groups in total. The van der Waals surface area contributed by atoms with Crippen molar-refractivity contribution in [1.29, 1.82) is 0 Å². The van der Waals surface area contributed by atoms with Gasteiger partial charge in [-0.1, -0.05) is 64.5 Å². The lowest BCUT2D eigenvalue weighted by atomic mass is 10.00. The molecule has 0 spiro atoms. The van der Waals surface area contributed by atoms with E-state index in [4.69, 9.17) is 9.72 Å². The van der Waals surface area contributed by atoms with Crippen molar-refractivity contribution in [3.63, 3.8) is 0 Å². The van der Waals surface area contributed by atoms with Gasteiger partial charge in [-0.2, -0.15) is 0 Å². The Morgan fingerprint density at radius 2 is 1.52 bits per heavy atom. The van der Waals surface area contributed by atoms with Gasteiger partial charge in [0.05, 0.1) is 23.2 Å². The Hall–Kier alpha value is -2.85. The number of halogens is 1. The van der Waals surface area contributed by atoms with E-state index < -0.39 is 0 Å². The first-order valence-corrected chi connectivity index (χ1v) is 10.7. The lowest BCUT2D eigenvalue weighted by Crippen LogP contribution is -2.01. The van der Waals surface area contributed by atoms with E-state index in [1.54, 1.807) is 0 Å². The number of aryl methyl sites for hydroxylation is 1. The van der Waals surface area contributed by atoms with Crippen LogP contribution < -0.4 is 4.74 Å². The first-order valence-electron chi connectivity index (χ1n) is 9.95. The van der Waals surface area contributed by atoms with Crippen LogP contribution in [0.5, 0.6) is 5.75 Å². The zero-order valence-electron chi connectivity index (χ0n) is 16.4. The smallest absolute Gasteiger partial charge is 0.144 e. The molecule has 0 aliphatic heterocycles.